The summed E-state index contributed by atoms with van der Waals surface area (Å²) in [4.78, 5) is 2.42. The van der Waals surface area contributed by atoms with E-state index in [9.17, 15) is 0 Å². The van der Waals surface area contributed by atoms with E-state index < -0.39 is 0 Å². The van der Waals surface area contributed by atoms with Crippen LogP contribution < -0.4 is 5.73 Å². The largest absolute Gasteiger partial charge is 0.324 e. The minimum Gasteiger partial charge on any atom is -0.324 e. The molecule has 0 aromatic carbocycles. The summed E-state index contributed by atoms with van der Waals surface area (Å²) in [6.07, 6.45) is 5.61. The molecule has 0 radical (unpaired) electrons. The lowest BCUT2D eigenvalue weighted by Gasteiger charge is -2.46. The van der Waals surface area contributed by atoms with E-state index in [4.69, 9.17) is 5.73 Å². The highest BCUT2D eigenvalue weighted by molar-refractivity contribution is 4.98. The Labute approximate surface area is 88.2 Å². The highest BCUT2D eigenvalue weighted by Gasteiger charge is 2.36. The van der Waals surface area contributed by atoms with E-state index in [-0.39, 0.29) is 11.1 Å². The minimum atomic E-state index is 0.0797. The monoisotopic (exact) mass is 196 g/mol. The molecule has 1 aliphatic carbocycles. The van der Waals surface area contributed by atoms with Crippen molar-refractivity contribution in [1.82, 2.24) is 4.90 Å². The van der Waals surface area contributed by atoms with Gasteiger partial charge in [-0.3, -0.25) is 4.90 Å². The molecular formula is C12H24N2. The summed E-state index contributed by atoms with van der Waals surface area (Å²) in [5.41, 5.74) is 6.52. The second kappa shape index (κ2) is 4.03. The molecule has 82 valence electrons. The van der Waals surface area contributed by atoms with Crippen LogP contribution in [0.3, 0.4) is 0 Å². The lowest BCUT2D eigenvalue weighted by Crippen LogP contribution is -2.58. The summed E-state index contributed by atoms with van der Waals surface area (Å²) in [7, 11) is 0. The first kappa shape index (κ1) is 11.7. The summed E-state index contributed by atoms with van der Waals surface area (Å²) >= 11 is 0. The van der Waals surface area contributed by atoms with Crippen molar-refractivity contribution in [3.8, 4) is 0 Å². The van der Waals surface area contributed by atoms with E-state index >= 15 is 0 Å². The van der Waals surface area contributed by atoms with Gasteiger partial charge in [0.25, 0.3) is 0 Å². The lowest BCUT2D eigenvalue weighted by atomic mass is 9.77. The van der Waals surface area contributed by atoms with E-state index in [0.29, 0.717) is 0 Å². The molecule has 0 heterocycles. The smallest absolute Gasteiger partial charge is 0.0283 e. The Hall–Kier alpha value is -0.340. The number of nitrogens with zero attached hydrogens (tertiary/aromatic N) is 1. The van der Waals surface area contributed by atoms with Gasteiger partial charge in [0.2, 0.25) is 0 Å². The van der Waals surface area contributed by atoms with Crippen molar-refractivity contribution in [3.63, 3.8) is 0 Å². The highest BCUT2D eigenvalue weighted by Crippen LogP contribution is 2.31. The molecule has 0 atom stereocenters. The summed E-state index contributed by atoms with van der Waals surface area (Å²) in [6, 6.07) is 0. The predicted molar refractivity (Wildman–Crippen MR) is 62.3 cm³/mol. The molecule has 0 aliphatic heterocycles. The van der Waals surface area contributed by atoms with Crippen LogP contribution in [-0.4, -0.2) is 29.1 Å². The maximum absolute atomic E-state index is 6.25. The molecule has 2 N–H and O–H groups in total. The molecule has 0 bridgehead atoms. The molecule has 1 rings (SSSR count). The molecule has 0 aromatic heterocycles. The molecule has 1 saturated carbocycles. The average molecular weight is 196 g/mol. The van der Waals surface area contributed by atoms with Crippen LogP contribution in [0.2, 0.25) is 0 Å². The number of nitrogens with two attached hydrogens (primary N) is 1. The predicted octanol–water partition coefficient (Wildman–Crippen LogP) is 2.15. The van der Waals surface area contributed by atoms with Crippen LogP contribution in [0.1, 0.15) is 40.0 Å². The van der Waals surface area contributed by atoms with Gasteiger partial charge in [0, 0.05) is 24.2 Å². The van der Waals surface area contributed by atoms with Crippen molar-refractivity contribution in [2.75, 3.05) is 13.1 Å². The molecule has 1 aliphatic rings. The lowest BCUT2D eigenvalue weighted by molar-refractivity contribution is 0.0837. The van der Waals surface area contributed by atoms with Gasteiger partial charge in [-0.05, 0) is 40.0 Å². The second-order valence-electron chi connectivity index (χ2n) is 5.56. The van der Waals surface area contributed by atoms with E-state index in [0.717, 1.165) is 13.1 Å². The Morgan fingerprint density at radius 2 is 2.00 bits per heavy atom. The fraction of sp³-hybridized carbons (Fsp3) is 0.833. The molecule has 0 saturated heterocycles. The fourth-order valence-electron chi connectivity index (χ4n) is 1.90. The van der Waals surface area contributed by atoms with Crippen LogP contribution in [0.5, 0.6) is 0 Å². The molecule has 1 fully saturated rings. The quantitative estimate of drug-likeness (QED) is 0.698. The van der Waals surface area contributed by atoms with Crippen molar-refractivity contribution in [1.29, 1.82) is 0 Å². The second-order valence-corrected chi connectivity index (χ2v) is 5.56. The van der Waals surface area contributed by atoms with E-state index in [1.165, 1.54) is 19.3 Å². The first-order valence-corrected chi connectivity index (χ1v) is 5.52. The molecule has 0 unspecified atom stereocenters. The molecule has 0 amide bonds. The molecular weight excluding hydrogens is 172 g/mol. The summed E-state index contributed by atoms with van der Waals surface area (Å²) in [6.45, 7) is 12.4. The zero-order valence-electron chi connectivity index (χ0n) is 9.84. The number of rotatable bonds is 4. The Morgan fingerprint density at radius 3 is 2.29 bits per heavy atom. The third kappa shape index (κ3) is 2.82. The van der Waals surface area contributed by atoms with Crippen LogP contribution in [0.25, 0.3) is 0 Å². The van der Waals surface area contributed by atoms with Gasteiger partial charge in [0.1, 0.15) is 0 Å². The average Bonchev–Trinajstić information content (AvgIpc) is 1.99. The Morgan fingerprint density at radius 1 is 1.43 bits per heavy atom. The van der Waals surface area contributed by atoms with Gasteiger partial charge >= 0.3 is 0 Å². The molecule has 2 nitrogen and oxygen atoms in total. The third-order valence-corrected chi connectivity index (χ3v) is 3.15. The molecule has 0 aromatic rings. The maximum atomic E-state index is 6.25. The van der Waals surface area contributed by atoms with Gasteiger partial charge in [0.05, 0.1) is 0 Å². The third-order valence-electron chi connectivity index (χ3n) is 3.15. The van der Waals surface area contributed by atoms with E-state index in [1.54, 1.807) is 0 Å². The SMILES string of the molecule is C=CCN(CC1(N)CCC1)C(C)(C)C. The van der Waals surface area contributed by atoms with Crippen LogP contribution in [0, 0.1) is 0 Å². The Balaban J connectivity index is 2.55. The van der Waals surface area contributed by atoms with Crippen molar-refractivity contribution >= 4 is 0 Å². The molecule has 2 heteroatoms. The van der Waals surface area contributed by atoms with Crippen molar-refractivity contribution in [3.05, 3.63) is 12.7 Å². The fourth-order valence-corrected chi connectivity index (χ4v) is 1.90. The molecule has 0 spiro atoms. The number of hydrogen-bond donors (Lipinski definition) is 1. The first-order chi connectivity index (χ1) is 6.37. The zero-order chi connectivity index (χ0) is 10.8. The normalized spacial score (nSPS) is 20.6. The number of hydrogen-bond acceptors (Lipinski definition) is 2. The Kier molecular flexibility index (Phi) is 3.38. The maximum Gasteiger partial charge on any atom is 0.0283 e. The van der Waals surface area contributed by atoms with Gasteiger partial charge in [0.15, 0.2) is 0 Å². The first-order valence-electron chi connectivity index (χ1n) is 5.52. The van der Waals surface area contributed by atoms with Gasteiger partial charge in [-0.25, -0.2) is 0 Å². The van der Waals surface area contributed by atoms with Crippen LogP contribution >= 0.6 is 0 Å². The summed E-state index contributed by atoms with van der Waals surface area (Å²) in [5.74, 6) is 0. The van der Waals surface area contributed by atoms with Gasteiger partial charge in [-0.1, -0.05) is 6.08 Å². The minimum absolute atomic E-state index is 0.0797. The standard InChI is InChI=1S/C12H24N2/c1-5-9-14(11(2,3)4)10-12(13)7-6-8-12/h5H,1,6-10,13H2,2-4H3. The van der Waals surface area contributed by atoms with Gasteiger partial charge in [-0.15, -0.1) is 6.58 Å². The highest BCUT2D eigenvalue weighted by atomic mass is 15.2. The van der Waals surface area contributed by atoms with Crippen LogP contribution in [0.15, 0.2) is 12.7 Å². The van der Waals surface area contributed by atoms with Crippen LogP contribution in [-0.2, 0) is 0 Å². The zero-order valence-corrected chi connectivity index (χ0v) is 9.84. The summed E-state index contributed by atoms with van der Waals surface area (Å²) in [5, 5.41) is 0. The van der Waals surface area contributed by atoms with Gasteiger partial charge in [-0.2, -0.15) is 0 Å². The van der Waals surface area contributed by atoms with Crippen molar-refractivity contribution in [2.45, 2.75) is 51.1 Å². The van der Waals surface area contributed by atoms with Gasteiger partial charge < -0.3 is 5.73 Å². The van der Waals surface area contributed by atoms with Crippen molar-refractivity contribution < 1.29 is 0 Å². The van der Waals surface area contributed by atoms with Crippen LogP contribution in [0.4, 0.5) is 0 Å². The molecule has 14 heavy (non-hydrogen) atoms. The topological polar surface area (TPSA) is 29.3 Å². The van der Waals surface area contributed by atoms with Crippen molar-refractivity contribution in [2.24, 2.45) is 5.73 Å². The Bertz CT molecular complexity index is 199. The summed E-state index contributed by atoms with van der Waals surface area (Å²) < 4.78 is 0. The van der Waals surface area contributed by atoms with E-state index in [1.807, 2.05) is 6.08 Å². The van der Waals surface area contributed by atoms with E-state index in [2.05, 4.69) is 32.3 Å².